The lowest BCUT2D eigenvalue weighted by Crippen LogP contribution is -2.46. The molecule has 0 saturated carbocycles. The van der Waals surface area contributed by atoms with Gasteiger partial charge in [-0.2, -0.15) is 0 Å². The smallest absolute Gasteiger partial charge is 0.407 e. The first-order chi connectivity index (χ1) is 12.0. The van der Waals surface area contributed by atoms with Gasteiger partial charge < -0.3 is 20.3 Å². The predicted octanol–water partition coefficient (Wildman–Crippen LogP) is 1.60. The molecular weight excluding hydrogens is 320 g/mol. The highest BCUT2D eigenvalue weighted by Crippen LogP contribution is 2.44. The van der Waals surface area contributed by atoms with E-state index < -0.39 is 12.0 Å². The number of nitrogens with two attached hydrogens (primary N) is 1. The van der Waals surface area contributed by atoms with Crippen LogP contribution in [0.5, 0.6) is 0 Å². The number of hydrogen-bond acceptors (Lipinski definition) is 3. The molecule has 2 aliphatic heterocycles. The van der Waals surface area contributed by atoms with Crippen molar-refractivity contribution in [3.05, 3.63) is 53.1 Å². The maximum Gasteiger partial charge on any atom is 0.407 e. The number of aromatic nitrogens is 2. The van der Waals surface area contributed by atoms with E-state index in [0.717, 1.165) is 12.2 Å². The summed E-state index contributed by atoms with van der Waals surface area (Å²) in [5.41, 5.74) is 7.99. The Bertz CT molecular complexity index is 850. The number of hydrogen-bond donors (Lipinski definition) is 2. The van der Waals surface area contributed by atoms with E-state index in [2.05, 4.69) is 17.1 Å². The van der Waals surface area contributed by atoms with Crippen molar-refractivity contribution in [2.24, 2.45) is 5.73 Å². The van der Waals surface area contributed by atoms with Crippen LogP contribution in [0.2, 0.25) is 0 Å². The van der Waals surface area contributed by atoms with E-state index in [0.29, 0.717) is 38.2 Å². The number of aryl methyl sites for hydroxylation is 1. The van der Waals surface area contributed by atoms with Crippen molar-refractivity contribution in [3.8, 4) is 0 Å². The quantitative estimate of drug-likeness (QED) is 0.823. The molecule has 25 heavy (non-hydrogen) atoms. The average molecular weight is 340 g/mol. The number of carbonyl (C=O) groups excluding carboxylic acids is 1. The van der Waals surface area contributed by atoms with Gasteiger partial charge in [-0.1, -0.05) is 24.3 Å². The molecule has 7 heteroatoms. The Morgan fingerprint density at radius 1 is 1.16 bits per heavy atom. The number of nitrogens with zero attached hydrogens (tertiary/aromatic N) is 3. The second-order valence-corrected chi connectivity index (χ2v) is 6.74. The fourth-order valence-electron chi connectivity index (χ4n) is 4.31. The third-order valence-electron chi connectivity index (χ3n) is 5.56. The number of primary amides is 1. The molecule has 0 radical (unpaired) electrons. The van der Waals surface area contributed by atoms with Gasteiger partial charge in [0.05, 0.1) is 11.6 Å². The van der Waals surface area contributed by atoms with Crippen molar-refractivity contribution in [1.29, 1.82) is 0 Å². The summed E-state index contributed by atoms with van der Waals surface area (Å²) in [4.78, 5) is 29.2. The van der Waals surface area contributed by atoms with Gasteiger partial charge in [-0.15, -0.1) is 0 Å². The molecule has 1 aromatic heterocycles. The molecule has 2 aromatic rings. The highest BCUT2D eigenvalue weighted by Gasteiger charge is 2.45. The Balaban J connectivity index is 1.87. The minimum absolute atomic E-state index is 0.382. The number of carboxylic acid groups (broad SMARTS) is 1. The standard InChI is InChI=1S/C18H20N4O3/c19-15(23)14-11-20-16-18(6-9-21(10-7-18)17(24)25)13-4-2-1-3-12(13)5-8-22(14)16/h1-4,11H,5-10H2,(H2,19,23)(H,24,25). The van der Waals surface area contributed by atoms with Gasteiger partial charge >= 0.3 is 6.09 Å². The fraction of sp³-hybridized carbons (Fsp3) is 0.389. The third kappa shape index (κ3) is 2.30. The number of fused-ring (bicyclic) bond motifs is 4. The van der Waals surface area contributed by atoms with Crippen molar-refractivity contribution in [2.75, 3.05) is 13.1 Å². The van der Waals surface area contributed by atoms with Gasteiger partial charge in [0.25, 0.3) is 5.91 Å². The summed E-state index contributed by atoms with van der Waals surface area (Å²) in [5, 5.41) is 9.29. The summed E-state index contributed by atoms with van der Waals surface area (Å²) in [6, 6.07) is 8.25. The fourth-order valence-corrected chi connectivity index (χ4v) is 4.31. The second kappa shape index (κ2) is 5.61. The molecule has 2 amide bonds. The van der Waals surface area contributed by atoms with E-state index in [4.69, 9.17) is 5.73 Å². The number of rotatable bonds is 1. The monoisotopic (exact) mass is 340 g/mol. The van der Waals surface area contributed by atoms with Gasteiger partial charge in [0.1, 0.15) is 11.5 Å². The highest BCUT2D eigenvalue weighted by atomic mass is 16.4. The van der Waals surface area contributed by atoms with Crippen LogP contribution < -0.4 is 5.73 Å². The van der Waals surface area contributed by atoms with E-state index >= 15 is 0 Å². The molecule has 130 valence electrons. The average Bonchev–Trinajstić information content (AvgIpc) is 3.00. The van der Waals surface area contributed by atoms with E-state index in [9.17, 15) is 14.7 Å². The summed E-state index contributed by atoms with van der Waals surface area (Å²) in [5.74, 6) is 0.346. The molecule has 1 aromatic carbocycles. The van der Waals surface area contributed by atoms with Gasteiger partial charge in [0.2, 0.25) is 0 Å². The summed E-state index contributed by atoms with van der Waals surface area (Å²) in [6.07, 6.45) is 2.75. The van der Waals surface area contributed by atoms with E-state index in [1.165, 1.54) is 16.0 Å². The molecule has 1 fully saturated rings. The summed E-state index contributed by atoms with van der Waals surface area (Å²) in [7, 11) is 0. The van der Waals surface area contributed by atoms with Crippen LogP contribution in [0.15, 0.2) is 30.5 Å². The second-order valence-electron chi connectivity index (χ2n) is 6.74. The van der Waals surface area contributed by atoms with Crippen molar-refractivity contribution < 1.29 is 14.7 Å². The first kappa shape index (κ1) is 15.7. The first-order valence-corrected chi connectivity index (χ1v) is 8.45. The zero-order chi connectivity index (χ0) is 17.6. The summed E-state index contributed by atoms with van der Waals surface area (Å²) < 4.78 is 1.93. The molecule has 4 rings (SSSR count). The normalized spacial score (nSPS) is 18.3. The van der Waals surface area contributed by atoms with Gasteiger partial charge in [-0.05, 0) is 30.4 Å². The number of piperidine rings is 1. The topological polar surface area (TPSA) is 101 Å². The van der Waals surface area contributed by atoms with E-state index in [1.54, 1.807) is 6.20 Å². The van der Waals surface area contributed by atoms with Crippen LogP contribution in [-0.2, 0) is 18.4 Å². The van der Waals surface area contributed by atoms with Crippen LogP contribution in [0, 0.1) is 0 Å². The van der Waals surface area contributed by atoms with E-state index in [1.807, 2.05) is 16.7 Å². The Kier molecular flexibility index (Phi) is 3.52. The molecule has 3 N–H and O–H groups in total. The zero-order valence-corrected chi connectivity index (χ0v) is 13.8. The van der Waals surface area contributed by atoms with Crippen LogP contribution >= 0.6 is 0 Å². The summed E-state index contributed by atoms with van der Waals surface area (Å²) in [6.45, 7) is 1.54. The Hall–Kier alpha value is -2.83. The first-order valence-electron chi connectivity index (χ1n) is 8.45. The molecule has 3 heterocycles. The Morgan fingerprint density at radius 2 is 1.88 bits per heavy atom. The molecule has 7 nitrogen and oxygen atoms in total. The van der Waals surface area contributed by atoms with Crippen LogP contribution in [-0.4, -0.2) is 44.6 Å². The van der Waals surface area contributed by atoms with Crippen molar-refractivity contribution in [1.82, 2.24) is 14.5 Å². The van der Waals surface area contributed by atoms with Crippen molar-refractivity contribution in [2.45, 2.75) is 31.2 Å². The third-order valence-corrected chi connectivity index (χ3v) is 5.56. The molecule has 1 spiro atoms. The van der Waals surface area contributed by atoms with E-state index in [-0.39, 0.29) is 5.41 Å². The van der Waals surface area contributed by atoms with Crippen molar-refractivity contribution >= 4 is 12.0 Å². The lowest BCUT2D eigenvalue weighted by Gasteiger charge is -2.41. The van der Waals surface area contributed by atoms with Gasteiger partial charge in [0.15, 0.2) is 0 Å². The molecule has 1 saturated heterocycles. The lowest BCUT2D eigenvalue weighted by molar-refractivity contribution is 0.0990. The number of benzene rings is 1. The van der Waals surface area contributed by atoms with Crippen LogP contribution in [0.1, 0.15) is 40.3 Å². The van der Waals surface area contributed by atoms with Gasteiger partial charge in [-0.25, -0.2) is 9.78 Å². The predicted molar refractivity (Wildman–Crippen MR) is 90.5 cm³/mol. The number of imidazole rings is 1. The molecular formula is C18H20N4O3. The zero-order valence-electron chi connectivity index (χ0n) is 13.8. The van der Waals surface area contributed by atoms with Crippen LogP contribution in [0.4, 0.5) is 4.79 Å². The molecule has 2 aliphatic rings. The SMILES string of the molecule is NC(=O)c1cnc2n1CCc1ccccc1C21CCN(C(=O)O)CC1. The van der Waals surface area contributed by atoms with Gasteiger partial charge in [0, 0.05) is 19.6 Å². The minimum atomic E-state index is -0.891. The molecule has 0 unspecified atom stereocenters. The maximum atomic E-state index is 11.8. The van der Waals surface area contributed by atoms with Crippen LogP contribution in [0.25, 0.3) is 0 Å². The van der Waals surface area contributed by atoms with Gasteiger partial charge in [-0.3, -0.25) is 4.79 Å². The van der Waals surface area contributed by atoms with Crippen LogP contribution in [0.3, 0.4) is 0 Å². The number of amides is 2. The van der Waals surface area contributed by atoms with Crippen molar-refractivity contribution in [3.63, 3.8) is 0 Å². The Morgan fingerprint density at radius 3 is 2.56 bits per heavy atom. The number of carbonyl (C=O) groups is 2. The lowest BCUT2D eigenvalue weighted by atomic mass is 9.70. The molecule has 0 bridgehead atoms. The highest BCUT2D eigenvalue weighted by molar-refractivity contribution is 5.91. The molecule has 0 atom stereocenters. The Labute approximate surface area is 145 Å². The molecule has 0 aliphatic carbocycles. The summed E-state index contributed by atoms with van der Waals surface area (Å²) >= 11 is 0. The largest absolute Gasteiger partial charge is 0.465 e. The number of likely N-dealkylation sites (tertiary alicyclic amines) is 1. The minimum Gasteiger partial charge on any atom is -0.465 e. The maximum absolute atomic E-state index is 11.8.